The SMILES string of the molecule is CC.CN1CCn2c(Cl)cnc2C1. The Kier molecular flexibility index (Phi) is 3.75. The molecule has 1 aliphatic rings. The summed E-state index contributed by atoms with van der Waals surface area (Å²) in [5, 5.41) is 0.758. The van der Waals surface area contributed by atoms with E-state index in [0.29, 0.717) is 0 Å². The van der Waals surface area contributed by atoms with Gasteiger partial charge in [0.15, 0.2) is 0 Å². The van der Waals surface area contributed by atoms with Gasteiger partial charge < -0.3 is 4.57 Å². The summed E-state index contributed by atoms with van der Waals surface area (Å²) in [7, 11) is 2.09. The molecule has 1 aliphatic heterocycles. The van der Waals surface area contributed by atoms with Crippen LogP contribution in [0.1, 0.15) is 19.7 Å². The van der Waals surface area contributed by atoms with Crippen molar-refractivity contribution in [2.24, 2.45) is 0 Å². The van der Waals surface area contributed by atoms with Crippen LogP contribution >= 0.6 is 11.6 Å². The zero-order chi connectivity index (χ0) is 9.84. The molecule has 1 aromatic rings. The molecular formula is C9H16ClN3. The number of hydrogen-bond donors (Lipinski definition) is 0. The molecule has 13 heavy (non-hydrogen) atoms. The Hall–Kier alpha value is -0.540. The molecule has 0 amide bonds. The van der Waals surface area contributed by atoms with Gasteiger partial charge in [0.05, 0.1) is 12.7 Å². The van der Waals surface area contributed by atoms with Crippen LogP contribution in [0.15, 0.2) is 6.20 Å². The van der Waals surface area contributed by atoms with Gasteiger partial charge in [-0.25, -0.2) is 4.98 Å². The normalized spacial score (nSPS) is 16.0. The van der Waals surface area contributed by atoms with Crippen LogP contribution in [0.2, 0.25) is 5.15 Å². The van der Waals surface area contributed by atoms with Crippen LogP contribution in [-0.2, 0) is 13.1 Å². The number of nitrogens with zero attached hydrogens (tertiary/aromatic N) is 3. The van der Waals surface area contributed by atoms with Gasteiger partial charge >= 0.3 is 0 Å². The van der Waals surface area contributed by atoms with Crippen LogP contribution in [0.4, 0.5) is 0 Å². The first-order chi connectivity index (χ1) is 6.27. The molecule has 74 valence electrons. The van der Waals surface area contributed by atoms with Crippen LogP contribution in [0, 0.1) is 0 Å². The molecule has 0 bridgehead atoms. The Balaban J connectivity index is 0.000000396. The first-order valence-electron chi connectivity index (χ1n) is 4.66. The van der Waals surface area contributed by atoms with E-state index in [9.17, 15) is 0 Å². The number of halogens is 1. The Labute approximate surface area is 84.3 Å². The van der Waals surface area contributed by atoms with Crippen molar-refractivity contribution < 1.29 is 0 Å². The Morgan fingerprint density at radius 3 is 2.77 bits per heavy atom. The fourth-order valence-corrected chi connectivity index (χ4v) is 1.57. The highest BCUT2D eigenvalue weighted by Gasteiger charge is 2.15. The molecule has 2 rings (SSSR count). The molecule has 0 radical (unpaired) electrons. The molecule has 0 aliphatic carbocycles. The third-order valence-electron chi connectivity index (χ3n) is 2.01. The molecule has 0 spiro atoms. The van der Waals surface area contributed by atoms with E-state index in [1.807, 2.05) is 13.8 Å². The number of likely N-dealkylation sites (N-methyl/N-ethyl adjacent to an activating group) is 1. The Morgan fingerprint density at radius 1 is 1.38 bits per heavy atom. The fraction of sp³-hybridized carbons (Fsp3) is 0.667. The molecule has 4 heteroatoms. The van der Waals surface area contributed by atoms with E-state index in [2.05, 4.69) is 21.5 Å². The highest BCUT2D eigenvalue weighted by Crippen LogP contribution is 2.16. The maximum atomic E-state index is 5.89. The van der Waals surface area contributed by atoms with E-state index in [1.165, 1.54) is 0 Å². The van der Waals surface area contributed by atoms with Crippen LogP contribution in [0.5, 0.6) is 0 Å². The predicted molar refractivity (Wildman–Crippen MR) is 54.9 cm³/mol. The maximum Gasteiger partial charge on any atom is 0.128 e. The van der Waals surface area contributed by atoms with E-state index in [1.54, 1.807) is 6.20 Å². The fourth-order valence-electron chi connectivity index (χ4n) is 1.34. The quantitative estimate of drug-likeness (QED) is 0.641. The Morgan fingerprint density at radius 2 is 2.08 bits per heavy atom. The molecule has 2 heterocycles. The van der Waals surface area contributed by atoms with Crippen molar-refractivity contribution in [1.29, 1.82) is 0 Å². The van der Waals surface area contributed by atoms with Gasteiger partial charge in [-0.1, -0.05) is 25.4 Å². The maximum absolute atomic E-state index is 5.89. The summed E-state index contributed by atoms with van der Waals surface area (Å²) < 4.78 is 2.06. The lowest BCUT2D eigenvalue weighted by Crippen LogP contribution is -2.30. The largest absolute Gasteiger partial charge is 0.317 e. The number of fused-ring (bicyclic) bond motifs is 1. The molecule has 0 N–H and O–H groups in total. The zero-order valence-electron chi connectivity index (χ0n) is 8.42. The molecular weight excluding hydrogens is 186 g/mol. The molecule has 0 fully saturated rings. The van der Waals surface area contributed by atoms with Gasteiger partial charge in [0.25, 0.3) is 0 Å². The van der Waals surface area contributed by atoms with Crippen molar-refractivity contribution in [3.05, 3.63) is 17.2 Å². The van der Waals surface area contributed by atoms with Gasteiger partial charge in [0.1, 0.15) is 11.0 Å². The Bertz CT molecular complexity index is 270. The smallest absolute Gasteiger partial charge is 0.128 e. The molecule has 0 saturated heterocycles. The third-order valence-corrected chi connectivity index (χ3v) is 2.31. The predicted octanol–water partition coefficient (Wildman–Crippen LogP) is 2.01. The lowest BCUT2D eigenvalue weighted by atomic mass is 10.4. The van der Waals surface area contributed by atoms with E-state index in [0.717, 1.165) is 30.6 Å². The van der Waals surface area contributed by atoms with Crippen molar-refractivity contribution in [2.45, 2.75) is 26.9 Å². The second-order valence-electron chi connectivity index (χ2n) is 2.89. The van der Waals surface area contributed by atoms with E-state index in [-0.39, 0.29) is 0 Å². The molecule has 0 saturated carbocycles. The third kappa shape index (κ3) is 2.23. The van der Waals surface area contributed by atoms with Crippen molar-refractivity contribution in [3.8, 4) is 0 Å². The van der Waals surface area contributed by atoms with Crippen LogP contribution in [0.25, 0.3) is 0 Å². The summed E-state index contributed by atoms with van der Waals surface area (Å²) in [6.45, 7) is 6.93. The summed E-state index contributed by atoms with van der Waals surface area (Å²) in [6.07, 6.45) is 1.72. The highest BCUT2D eigenvalue weighted by atomic mass is 35.5. The minimum Gasteiger partial charge on any atom is -0.317 e. The van der Waals surface area contributed by atoms with Gasteiger partial charge in [-0.3, -0.25) is 4.90 Å². The highest BCUT2D eigenvalue weighted by molar-refractivity contribution is 6.29. The number of imidazole rings is 1. The van der Waals surface area contributed by atoms with Gasteiger partial charge in [-0.2, -0.15) is 0 Å². The van der Waals surface area contributed by atoms with Crippen molar-refractivity contribution in [1.82, 2.24) is 14.5 Å². The molecule has 0 aromatic carbocycles. The molecule has 3 nitrogen and oxygen atoms in total. The number of aromatic nitrogens is 2. The standard InChI is InChI=1S/C7H10ClN3.C2H6/c1-10-2-3-11-6(8)4-9-7(11)5-10;1-2/h4H,2-3,5H2,1H3;1-2H3. The summed E-state index contributed by atoms with van der Waals surface area (Å²) in [4.78, 5) is 6.43. The number of rotatable bonds is 0. The van der Waals surface area contributed by atoms with Gasteiger partial charge in [0, 0.05) is 13.1 Å². The second kappa shape index (κ2) is 4.63. The van der Waals surface area contributed by atoms with Crippen LogP contribution < -0.4 is 0 Å². The molecule has 0 unspecified atom stereocenters. The topological polar surface area (TPSA) is 21.1 Å². The average molecular weight is 202 g/mol. The molecule has 0 atom stereocenters. The van der Waals surface area contributed by atoms with E-state index < -0.39 is 0 Å². The first-order valence-corrected chi connectivity index (χ1v) is 5.03. The summed E-state index contributed by atoms with van der Waals surface area (Å²) in [6, 6.07) is 0. The monoisotopic (exact) mass is 201 g/mol. The summed E-state index contributed by atoms with van der Waals surface area (Å²) in [5.41, 5.74) is 0. The second-order valence-corrected chi connectivity index (χ2v) is 3.27. The van der Waals surface area contributed by atoms with Crippen molar-refractivity contribution >= 4 is 11.6 Å². The van der Waals surface area contributed by atoms with Gasteiger partial charge in [-0.15, -0.1) is 0 Å². The van der Waals surface area contributed by atoms with E-state index >= 15 is 0 Å². The van der Waals surface area contributed by atoms with Crippen LogP contribution in [0.3, 0.4) is 0 Å². The zero-order valence-corrected chi connectivity index (χ0v) is 9.17. The van der Waals surface area contributed by atoms with E-state index in [4.69, 9.17) is 11.6 Å². The van der Waals surface area contributed by atoms with Crippen molar-refractivity contribution in [3.63, 3.8) is 0 Å². The van der Waals surface area contributed by atoms with Crippen molar-refractivity contribution in [2.75, 3.05) is 13.6 Å². The van der Waals surface area contributed by atoms with Crippen LogP contribution in [-0.4, -0.2) is 28.0 Å². The molecule has 1 aromatic heterocycles. The minimum absolute atomic E-state index is 0.758. The summed E-state index contributed by atoms with van der Waals surface area (Å²) in [5.74, 6) is 1.07. The van der Waals surface area contributed by atoms with Gasteiger partial charge in [0.2, 0.25) is 0 Å². The van der Waals surface area contributed by atoms with Gasteiger partial charge in [-0.05, 0) is 7.05 Å². The number of hydrogen-bond acceptors (Lipinski definition) is 2. The lowest BCUT2D eigenvalue weighted by molar-refractivity contribution is 0.265. The summed E-state index contributed by atoms with van der Waals surface area (Å²) >= 11 is 5.89. The lowest BCUT2D eigenvalue weighted by Gasteiger charge is -2.23. The first kappa shape index (κ1) is 10.5. The average Bonchev–Trinajstić information content (AvgIpc) is 2.51. The minimum atomic E-state index is 0.758.